The van der Waals surface area contributed by atoms with Gasteiger partial charge in [0.15, 0.2) is 0 Å². The molecule has 1 aliphatic heterocycles. The molecule has 0 aliphatic carbocycles. The van der Waals surface area contributed by atoms with Crippen LogP contribution in [0.25, 0.3) is 0 Å². The summed E-state index contributed by atoms with van der Waals surface area (Å²) in [6.07, 6.45) is 6.86. The summed E-state index contributed by atoms with van der Waals surface area (Å²) in [6.45, 7) is 9.79. The van der Waals surface area contributed by atoms with Crippen molar-refractivity contribution in [3.8, 4) is 5.75 Å². The number of nitrogens with two attached hydrogens (primary N) is 1. The highest BCUT2D eigenvalue weighted by Gasteiger charge is 2.26. The Kier molecular flexibility index (Phi) is 8.92. The molecule has 1 saturated heterocycles. The molecule has 2 rings (SSSR count). The molecule has 1 aromatic rings. The number of carbonyl (C=O) groups is 1. The quantitative estimate of drug-likeness (QED) is 0.370. The van der Waals surface area contributed by atoms with Gasteiger partial charge in [-0.1, -0.05) is 40.0 Å². The van der Waals surface area contributed by atoms with E-state index in [4.69, 9.17) is 15.2 Å². The van der Waals surface area contributed by atoms with Crippen LogP contribution < -0.4 is 10.5 Å². The fourth-order valence-electron chi connectivity index (χ4n) is 3.51. The van der Waals surface area contributed by atoms with Crippen molar-refractivity contribution in [1.29, 1.82) is 0 Å². The fourth-order valence-corrected chi connectivity index (χ4v) is 3.51. The van der Waals surface area contributed by atoms with Crippen LogP contribution in [0.1, 0.15) is 69.7 Å². The lowest BCUT2D eigenvalue weighted by molar-refractivity contribution is 0.0210. The van der Waals surface area contributed by atoms with E-state index in [1.54, 1.807) is 18.2 Å². The molecule has 2 unspecified atom stereocenters. The van der Waals surface area contributed by atoms with Crippen molar-refractivity contribution in [2.45, 2.75) is 65.3 Å². The Morgan fingerprint density at radius 3 is 2.63 bits per heavy atom. The van der Waals surface area contributed by atoms with Crippen molar-refractivity contribution < 1.29 is 14.3 Å². The van der Waals surface area contributed by atoms with Gasteiger partial charge in [-0.3, -0.25) is 4.90 Å². The predicted octanol–water partition coefficient (Wildman–Crippen LogP) is 4.51. The van der Waals surface area contributed by atoms with E-state index in [1.807, 2.05) is 0 Å². The summed E-state index contributed by atoms with van der Waals surface area (Å²) in [5.41, 5.74) is 7.01. The standard InChI is InChI=1S/C22H36N2O3/c1-4-6-14-26-21-15-18(10-11-19(21)23)22(25)27-16-20(17(3)5-2)24-12-8-7-9-13-24/h10-11,15,17,20H,4-9,12-14,16,23H2,1-3H3. The molecular formula is C22H36N2O3. The first kappa shape index (κ1) is 21.5. The highest BCUT2D eigenvalue weighted by Crippen LogP contribution is 2.24. The summed E-state index contributed by atoms with van der Waals surface area (Å²) in [6, 6.07) is 5.42. The lowest BCUT2D eigenvalue weighted by atomic mass is 9.96. The second kappa shape index (κ2) is 11.2. The number of unbranched alkanes of at least 4 members (excludes halogenated alkanes) is 1. The molecule has 1 fully saturated rings. The normalized spacial score (nSPS) is 17.3. The molecule has 27 heavy (non-hydrogen) atoms. The third kappa shape index (κ3) is 6.42. The lowest BCUT2D eigenvalue weighted by Crippen LogP contribution is -2.46. The minimum absolute atomic E-state index is 0.285. The van der Waals surface area contributed by atoms with Gasteiger partial charge in [0, 0.05) is 6.04 Å². The van der Waals surface area contributed by atoms with Gasteiger partial charge in [-0.2, -0.15) is 0 Å². The zero-order valence-electron chi connectivity index (χ0n) is 17.2. The second-order valence-corrected chi connectivity index (χ2v) is 7.60. The van der Waals surface area contributed by atoms with Gasteiger partial charge in [-0.25, -0.2) is 4.79 Å². The topological polar surface area (TPSA) is 64.8 Å². The van der Waals surface area contributed by atoms with E-state index in [0.717, 1.165) is 32.4 Å². The molecule has 0 bridgehead atoms. The highest BCUT2D eigenvalue weighted by atomic mass is 16.5. The van der Waals surface area contributed by atoms with E-state index in [0.29, 0.717) is 36.1 Å². The maximum Gasteiger partial charge on any atom is 0.338 e. The van der Waals surface area contributed by atoms with Crippen LogP contribution in [0.5, 0.6) is 5.75 Å². The number of rotatable bonds is 10. The average molecular weight is 377 g/mol. The van der Waals surface area contributed by atoms with Crippen LogP contribution >= 0.6 is 0 Å². The number of anilines is 1. The third-order valence-electron chi connectivity index (χ3n) is 5.55. The number of benzene rings is 1. The summed E-state index contributed by atoms with van der Waals surface area (Å²) < 4.78 is 11.4. The maximum atomic E-state index is 12.6. The minimum Gasteiger partial charge on any atom is -0.491 e. The van der Waals surface area contributed by atoms with E-state index in [1.165, 1.54) is 19.3 Å². The van der Waals surface area contributed by atoms with Crippen molar-refractivity contribution >= 4 is 11.7 Å². The Hall–Kier alpha value is -1.75. The van der Waals surface area contributed by atoms with E-state index in [-0.39, 0.29) is 12.0 Å². The molecule has 2 atom stereocenters. The first-order valence-electron chi connectivity index (χ1n) is 10.5. The van der Waals surface area contributed by atoms with E-state index in [9.17, 15) is 4.79 Å². The van der Waals surface area contributed by atoms with Gasteiger partial charge in [0.25, 0.3) is 0 Å². The van der Waals surface area contributed by atoms with Crippen LogP contribution in [-0.4, -0.2) is 43.2 Å². The molecule has 1 heterocycles. The minimum atomic E-state index is -0.305. The SMILES string of the molecule is CCCCOc1cc(C(=O)OCC(C(C)CC)N2CCCCC2)ccc1N. The number of hydrogen-bond donors (Lipinski definition) is 1. The van der Waals surface area contributed by atoms with Gasteiger partial charge in [0.2, 0.25) is 0 Å². The molecule has 1 aromatic carbocycles. The Bertz CT molecular complexity index is 585. The van der Waals surface area contributed by atoms with Crippen LogP contribution in [0, 0.1) is 5.92 Å². The van der Waals surface area contributed by atoms with Gasteiger partial charge >= 0.3 is 5.97 Å². The molecule has 1 aliphatic rings. The fraction of sp³-hybridized carbons (Fsp3) is 0.682. The number of piperidine rings is 1. The first-order chi connectivity index (χ1) is 13.1. The molecule has 0 spiro atoms. The third-order valence-corrected chi connectivity index (χ3v) is 5.55. The van der Waals surface area contributed by atoms with Gasteiger partial charge < -0.3 is 15.2 Å². The largest absolute Gasteiger partial charge is 0.491 e. The Morgan fingerprint density at radius 1 is 1.22 bits per heavy atom. The molecule has 0 radical (unpaired) electrons. The van der Waals surface area contributed by atoms with Crippen LogP contribution in [0.3, 0.4) is 0 Å². The average Bonchev–Trinajstić information content (AvgIpc) is 2.70. The first-order valence-corrected chi connectivity index (χ1v) is 10.5. The molecule has 2 N–H and O–H groups in total. The summed E-state index contributed by atoms with van der Waals surface area (Å²) >= 11 is 0. The Morgan fingerprint density at radius 2 is 1.96 bits per heavy atom. The van der Waals surface area contributed by atoms with Crippen molar-refractivity contribution in [2.75, 3.05) is 32.0 Å². The number of likely N-dealkylation sites (tertiary alicyclic amines) is 1. The Labute approximate surface area is 164 Å². The molecule has 5 heteroatoms. The number of nitrogen functional groups attached to an aromatic ring is 1. The van der Waals surface area contributed by atoms with Gasteiger partial charge in [-0.05, 0) is 56.5 Å². The van der Waals surface area contributed by atoms with Crippen LogP contribution in [0.15, 0.2) is 18.2 Å². The molecular weight excluding hydrogens is 340 g/mol. The smallest absolute Gasteiger partial charge is 0.338 e. The predicted molar refractivity (Wildman–Crippen MR) is 110 cm³/mol. The monoisotopic (exact) mass is 376 g/mol. The van der Waals surface area contributed by atoms with Crippen molar-refractivity contribution in [1.82, 2.24) is 4.90 Å². The highest BCUT2D eigenvalue weighted by molar-refractivity contribution is 5.90. The summed E-state index contributed by atoms with van der Waals surface area (Å²) in [5.74, 6) is 0.753. The van der Waals surface area contributed by atoms with Crippen molar-refractivity contribution in [2.24, 2.45) is 5.92 Å². The number of nitrogens with zero attached hydrogens (tertiary/aromatic N) is 1. The van der Waals surface area contributed by atoms with Crippen molar-refractivity contribution in [3.05, 3.63) is 23.8 Å². The molecule has 0 saturated carbocycles. The number of hydrogen-bond acceptors (Lipinski definition) is 5. The summed E-state index contributed by atoms with van der Waals surface area (Å²) in [5, 5.41) is 0. The van der Waals surface area contributed by atoms with Gasteiger partial charge in [0.1, 0.15) is 12.4 Å². The molecule has 5 nitrogen and oxygen atoms in total. The number of esters is 1. The van der Waals surface area contributed by atoms with Crippen LogP contribution in [0.4, 0.5) is 5.69 Å². The van der Waals surface area contributed by atoms with E-state index < -0.39 is 0 Å². The summed E-state index contributed by atoms with van der Waals surface area (Å²) in [4.78, 5) is 15.1. The van der Waals surface area contributed by atoms with E-state index in [2.05, 4.69) is 25.7 Å². The molecule has 0 aromatic heterocycles. The number of carbonyl (C=O) groups excluding carboxylic acids is 1. The molecule has 152 valence electrons. The van der Waals surface area contributed by atoms with Gasteiger partial charge in [0.05, 0.1) is 17.9 Å². The lowest BCUT2D eigenvalue weighted by Gasteiger charge is -2.37. The van der Waals surface area contributed by atoms with Crippen molar-refractivity contribution in [3.63, 3.8) is 0 Å². The van der Waals surface area contributed by atoms with E-state index >= 15 is 0 Å². The number of ether oxygens (including phenoxy) is 2. The maximum absolute atomic E-state index is 12.6. The molecule has 0 amide bonds. The zero-order valence-corrected chi connectivity index (χ0v) is 17.2. The zero-order chi connectivity index (χ0) is 19.6. The Balaban J connectivity index is 1.98. The van der Waals surface area contributed by atoms with Crippen LogP contribution in [-0.2, 0) is 4.74 Å². The second-order valence-electron chi connectivity index (χ2n) is 7.60. The van der Waals surface area contributed by atoms with Crippen LogP contribution in [0.2, 0.25) is 0 Å². The summed E-state index contributed by atoms with van der Waals surface area (Å²) in [7, 11) is 0. The van der Waals surface area contributed by atoms with Gasteiger partial charge in [-0.15, -0.1) is 0 Å².